The molecule has 0 aliphatic heterocycles. The van der Waals surface area contributed by atoms with Gasteiger partial charge < -0.3 is 15.4 Å². The number of nitrogens with one attached hydrogen (secondary N) is 2. The zero-order chi connectivity index (χ0) is 28.2. The molecule has 5 aromatic rings. The molecule has 0 spiro atoms. The molecule has 7 nitrogen and oxygen atoms in total. The van der Waals surface area contributed by atoms with Gasteiger partial charge in [-0.3, -0.25) is 9.59 Å². The van der Waals surface area contributed by atoms with Gasteiger partial charge in [0, 0.05) is 11.4 Å². The van der Waals surface area contributed by atoms with Crippen molar-refractivity contribution < 1.29 is 14.3 Å². The van der Waals surface area contributed by atoms with Crippen LogP contribution in [0.1, 0.15) is 23.6 Å². The van der Waals surface area contributed by atoms with Gasteiger partial charge in [0.25, 0.3) is 0 Å². The maximum atomic E-state index is 12.6. The number of aryl methyl sites for hydroxylation is 3. The molecule has 0 radical (unpaired) electrons. The SMILES string of the molecule is CCOc1ccc2nc(SCC(=O)Nc3ccc4nc(SCC(=O)Nc5c(C)cc(C)cc5C)sc4c3)sc2c1. The summed E-state index contributed by atoms with van der Waals surface area (Å²) in [7, 11) is 0. The molecule has 0 bridgehead atoms. The first-order valence-electron chi connectivity index (χ1n) is 12.6. The predicted octanol–water partition coefficient (Wildman–Crippen LogP) is 7.69. The summed E-state index contributed by atoms with van der Waals surface area (Å²) >= 11 is 5.89. The molecule has 206 valence electrons. The summed E-state index contributed by atoms with van der Waals surface area (Å²) in [4.78, 5) is 34.5. The van der Waals surface area contributed by atoms with Crippen LogP contribution < -0.4 is 15.4 Å². The van der Waals surface area contributed by atoms with Crippen LogP contribution in [-0.4, -0.2) is 39.9 Å². The van der Waals surface area contributed by atoms with E-state index in [9.17, 15) is 9.59 Å². The molecule has 11 heteroatoms. The maximum absolute atomic E-state index is 12.6. The Hall–Kier alpha value is -3.12. The summed E-state index contributed by atoms with van der Waals surface area (Å²) in [5.74, 6) is 1.19. The van der Waals surface area contributed by atoms with Crippen molar-refractivity contribution in [2.75, 3.05) is 28.7 Å². The molecule has 2 aromatic heterocycles. The summed E-state index contributed by atoms with van der Waals surface area (Å²) in [5, 5.41) is 6.01. The van der Waals surface area contributed by atoms with Crippen LogP contribution in [0.5, 0.6) is 5.75 Å². The van der Waals surface area contributed by atoms with Gasteiger partial charge in [-0.2, -0.15) is 0 Å². The number of aromatic nitrogens is 2. The third-order valence-corrected chi connectivity index (χ3v) is 10.2. The number of thiazole rings is 2. The molecule has 2 amide bonds. The second-order valence-electron chi connectivity index (χ2n) is 9.15. The monoisotopic (exact) mass is 608 g/mol. The van der Waals surface area contributed by atoms with E-state index in [1.807, 2.05) is 64.1 Å². The van der Waals surface area contributed by atoms with Crippen molar-refractivity contribution in [1.82, 2.24) is 9.97 Å². The van der Waals surface area contributed by atoms with Gasteiger partial charge >= 0.3 is 0 Å². The number of rotatable bonds is 10. The van der Waals surface area contributed by atoms with Gasteiger partial charge in [0.15, 0.2) is 8.68 Å². The number of carbonyl (C=O) groups excluding carboxylic acids is 2. The van der Waals surface area contributed by atoms with Gasteiger partial charge in [0.1, 0.15) is 5.75 Å². The van der Waals surface area contributed by atoms with Crippen molar-refractivity contribution in [2.45, 2.75) is 36.4 Å². The molecule has 0 atom stereocenters. The Morgan fingerprint density at radius 2 is 1.38 bits per heavy atom. The number of nitrogens with zero attached hydrogens (tertiary/aromatic N) is 2. The molecule has 0 aliphatic carbocycles. The number of hydrogen-bond acceptors (Lipinski definition) is 9. The molecule has 0 unspecified atom stereocenters. The summed E-state index contributed by atoms with van der Waals surface area (Å²) in [6.45, 7) is 8.63. The third-order valence-electron chi connectivity index (χ3n) is 5.90. The van der Waals surface area contributed by atoms with E-state index >= 15 is 0 Å². The normalized spacial score (nSPS) is 11.2. The number of fused-ring (bicyclic) bond motifs is 2. The Morgan fingerprint density at radius 3 is 2.00 bits per heavy atom. The average molecular weight is 609 g/mol. The summed E-state index contributed by atoms with van der Waals surface area (Å²) in [6.07, 6.45) is 0. The minimum Gasteiger partial charge on any atom is -0.494 e. The van der Waals surface area contributed by atoms with Gasteiger partial charge in [-0.25, -0.2) is 9.97 Å². The number of anilines is 2. The van der Waals surface area contributed by atoms with Gasteiger partial charge in [0.05, 0.1) is 38.5 Å². The molecular weight excluding hydrogens is 581 g/mol. The number of benzene rings is 3. The lowest BCUT2D eigenvalue weighted by atomic mass is 10.1. The van der Waals surface area contributed by atoms with Crippen LogP contribution in [0.4, 0.5) is 11.4 Å². The molecule has 40 heavy (non-hydrogen) atoms. The molecule has 2 N–H and O–H groups in total. The lowest BCUT2D eigenvalue weighted by Crippen LogP contribution is -2.15. The maximum Gasteiger partial charge on any atom is 0.234 e. The lowest BCUT2D eigenvalue weighted by Gasteiger charge is -2.12. The Morgan fingerprint density at radius 1 is 0.800 bits per heavy atom. The first-order chi connectivity index (χ1) is 19.3. The van der Waals surface area contributed by atoms with Crippen LogP contribution in [0.3, 0.4) is 0 Å². The fourth-order valence-corrected chi connectivity index (χ4v) is 8.05. The van der Waals surface area contributed by atoms with Crippen LogP contribution in [0, 0.1) is 20.8 Å². The Balaban J connectivity index is 1.15. The molecule has 0 aliphatic rings. The Kier molecular flexibility index (Phi) is 8.94. The van der Waals surface area contributed by atoms with Gasteiger partial charge in [0.2, 0.25) is 11.8 Å². The molecular formula is C29H28N4O3S4. The largest absolute Gasteiger partial charge is 0.494 e. The number of amides is 2. The highest BCUT2D eigenvalue weighted by atomic mass is 32.2. The van der Waals surface area contributed by atoms with E-state index in [4.69, 9.17) is 4.74 Å². The zero-order valence-electron chi connectivity index (χ0n) is 22.5. The smallest absolute Gasteiger partial charge is 0.234 e. The first-order valence-corrected chi connectivity index (χ1v) is 16.2. The highest BCUT2D eigenvalue weighted by Gasteiger charge is 2.13. The van der Waals surface area contributed by atoms with Crippen molar-refractivity contribution in [3.05, 3.63) is 65.2 Å². The van der Waals surface area contributed by atoms with E-state index in [1.165, 1.54) is 40.4 Å². The standard InChI is InChI=1S/C29H28N4O3S4/c1-5-36-20-7-9-22-24(13-20)40-29(32-22)37-14-25(34)30-19-6-8-21-23(12-19)39-28(31-21)38-15-26(35)33-27-17(3)10-16(2)11-18(27)4/h6-13H,5,14-15H2,1-4H3,(H,30,34)(H,33,35). The molecule has 2 heterocycles. The summed E-state index contributed by atoms with van der Waals surface area (Å²) in [5.41, 5.74) is 6.62. The van der Waals surface area contributed by atoms with Crippen LogP contribution in [0.15, 0.2) is 57.2 Å². The summed E-state index contributed by atoms with van der Waals surface area (Å²) in [6, 6.07) is 15.6. The topological polar surface area (TPSA) is 93.2 Å². The average Bonchev–Trinajstić information content (AvgIpc) is 3.51. The van der Waals surface area contributed by atoms with Crippen molar-refractivity contribution in [3.8, 4) is 5.75 Å². The molecule has 0 saturated carbocycles. The minimum atomic E-state index is -0.101. The molecule has 0 saturated heterocycles. The van der Waals surface area contributed by atoms with Crippen LogP contribution in [-0.2, 0) is 9.59 Å². The van der Waals surface area contributed by atoms with Crippen LogP contribution in [0.25, 0.3) is 20.4 Å². The van der Waals surface area contributed by atoms with Crippen molar-refractivity contribution >= 4 is 89.8 Å². The van der Waals surface area contributed by atoms with E-state index in [0.717, 1.165) is 51.7 Å². The number of hydrogen-bond donors (Lipinski definition) is 2. The zero-order valence-corrected chi connectivity index (χ0v) is 25.8. The fraction of sp³-hybridized carbons (Fsp3) is 0.241. The molecule has 5 rings (SSSR count). The fourth-order valence-electron chi connectivity index (χ4n) is 4.25. The highest BCUT2D eigenvalue weighted by molar-refractivity contribution is 8.02. The Labute approximate surface area is 249 Å². The van der Waals surface area contributed by atoms with Gasteiger partial charge in [-0.05, 0) is 75.2 Å². The minimum absolute atomic E-state index is 0.0624. The number of ether oxygens (including phenoxy) is 1. The van der Waals surface area contributed by atoms with Crippen molar-refractivity contribution in [2.24, 2.45) is 0 Å². The Bertz CT molecular complexity index is 1690. The molecule has 3 aromatic carbocycles. The first kappa shape index (κ1) is 28.4. The highest BCUT2D eigenvalue weighted by Crippen LogP contribution is 2.33. The van der Waals surface area contributed by atoms with Crippen LogP contribution in [0.2, 0.25) is 0 Å². The van der Waals surface area contributed by atoms with E-state index in [0.29, 0.717) is 12.3 Å². The van der Waals surface area contributed by atoms with E-state index in [1.54, 1.807) is 11.3 Å². The van der Waals surface area contributed by atoms with Crippen molar-refractivity contribution in [1.29, 1.82) is 0 Å². The second-order valence-corrected chi connectivity index (χ2v) is 13.7. The van der Waals surface area contributed by atoms with E-state index < -0.39 is 0 Å². The van der Waals surface area contributed by atoms with E-state index in [2.05, 4.69) is 32.7 Å². The van der Waals surface area contributed by atoms with Gasteiger partial charge in [-0.15, -0.1) is 22.7 Å². The van der Waals surface area contributed by atoms with Crippen molar-refractivity contribution in [3.63, 3.8) is 0 Å². The summed E-state index contributed by atoms with van der Waals surface area (Å²) < 4.78 is 9.21. The predicted molar refractivity (Wildman–Crippen MR) is 170 cm³/mol. The second kappa shape index (κ2) is 12.6. The number of thioether (sulfide) groups is 2. The number of carbonyl (C=O) groups is 2. The lowest BCUT2D eigenvalue weighted by molar-refractivity contribution is -0.114. The van der Waals surface area contributed by atoms with Gasteiger partial charge in [-0.1, -0.05) is 41.2 Å². The third kappa shape index (κ3) is 6.95. The van der Waals surface area contributed by atoms with E-state index in [-0.39, 0.29) is 23.3 Å². The molecule has 0 fully saturated rings. The quantitative estimate of drug-likeness (QED) is 0.157. The van der Waals surface area contributed by atoms with Crippen LogP contribution >= 0.6 is 46.2 Å².